The van der Waals surface area contributed by atoms with E-state index >= 15 is 0 Å². The van der Waals surface area contributed by atoms with Crippen LogP contribution in [0.2, 0.25) is 0 Å². The molecule has 12 heavy (non-hydrogen) atoms. The lowest BCUT2D eigenvalue weighted by molar-refractivity contribution is -0.147. The molecule has 66 valence electrons. The summed E-state index contributed by atoms with van der Waals surface area (Å²) in [4.78, 5) is 11.5. The second kappa shape index (κ2) is 2.09. The fraction of sp³-hybridized carbons (Fsp3) is 0.900. The van der Waals surface area contributed by atoms with Crippen LogP contribution in [0.5, 0.6) is 0 Å². The number of Topliss-reactive ketones (excluding diaryl/α,β-unsaturated/α-hetero) is 1. The molecular weight excluding hydrogens is 155 g/mol. The quantitative estimate of drug-likeness (QED) is 0.540. The Hall–Kier alpha value is -0.400. The van der Waals surface area contributed by atoms with E-state index < -0.39 is 6.17 Å². The third-order valence-corrected chi connectivity index (χ3v) is 4.03. The summed E-state index contributed by atoms with van der Waals surface area (Å²) in [5.74, 6) is 1.23. The predicted octanol–water partition coefficient (Wildman–Crippen LogP) is 1.96. The smallest absolute Gasteiger partial charge is 0.141 e. The van der Waals surface area contributed by atoms with Gasteiger partial charge in [-0.05, 0) is 37.5 Å². The molecule has 0 heterocycles. The van der Waals surface area contributed by atoms with Crippen molar-refractivity contribution >= 4 is 5.78 Å². The summed E-state index contributed by atoms with van der Waals surface area (Å²) in [5.41, 5.74) is 0. The maximum Gasteiger partial charge on any atom is 0.141 e. The Morgan fingerprint density at radius 2 is 2.00 bits per heavy atom. The molecule has 0 aromatic heterocycles. The number of ketones is 1. The number of alkyl halides is 1. The summed E-state index contributed by atoms with van der Waals surface area (Å²) in [5, 5.41) is 0. The Kier molecular flexibility index (Phi) is 1.23. The van der Waals surface area contributed by atoms with Gasteiger partial charge in [-0.15, -0.1) is 0 Å². The van der Waals surface area contributed by atoms with Gasteiger partial charge in [0, 0.05) is 11.8 Å². The van der Waals surface area contributed by atoms with Crippen molar-refractivity contribution in [3.63, 3.8) is 0 Å². The SMILES string of the molecule is O=C1[C@@H]2CC3C[C@@H](C2)[C@@H](F)[C@@H]1C3. The second-order valence-electron chi connectivity index (χ2n) is 4.72. The van der Waals surface area contributed by atoms with Crippen molar-refractivity contribution in [3.8, 4) is 0 Å². The van der Waals surface area contributed by atoms with Crippen LogP contribution >= 0.6 is 0 Å². The second-order valence-corrected chi connectivity index (χ2v) is 4.72. The molecule has 0 N–H and O–H groups in total. The van der Waals surface area contributed by atoms with Crippen LogP contribution in [0.25, 0.3) is 0 Å². The molecule has 0 aromatic carbocycles. The maximum atomic E-state index is 13.5. The van der Waals surface area contributed by atoms with Crippen LogP contribution in [-0.2, 0) is 4.79 Å². The van der Waals surface area contributed by atoms with Gasteiger partial charge in [-0.25, -0.2) is 4.39 Å². The number of halogens is 1. The molecule has 4 aliphatic carbocycles. The van der Waals surface area contributed by atoms with Gasteiger partial charge in [0.25, 0.3) is 0 Å². The van der Waals surface area contributed by atoms with Gasteiger partial charge in [0.05, 0.1) is 0 Å². The lowest BCUT2D eigenvalue weighted by Crippen LogP contribution is -2.52. The molecule has 0 aromatic rings. The highest BCUT2D eigenvalue weighted by atomic mass is 19.1. The van der Waals surface area contributed by atoms with Gasteiger partial charge in [0.2, 0.25) is 0 Å². The molecule has 0 aliphatic heterocycles. The molecule has 5 atom stereocenters. The van der Waals surface area contributed by atoms with E-state index in [0.29, 0.717) is 5.92 Å². The summed E-state index contributed by atoms with van der Waals surface area (Å²) in [6, 6.07) is 0. The number of carbonyl (C=O) groups excluding carboxylic acids is 1. The molecule has 0 radical (unpaired) electrons. The first kappa shape index (κ1) is 7.05. The van der Waals surface area contributed by atoms with Crippen molar-refractivity contribution in [2.45, 2.75) is 31.9 Å². The molecule has 4 rings (SSSR count). The average Bonchev–Trinajstić information content (AvgIpc) is 2.07. The molecule has 4 saturated carbocycles. The van der Waals surface area contributed by atoms with Crippen LogP contribution in [0.1, 0.15) is 25.7 Å². The van der Waals surface area contributed by atoms with Gasteiger partial charge in [-0.3, -0.25) is 4.79 Å². The zero-order chi connectivity index (χ0) is 8.29. The Morgan fingerprint density at radius 1 is 1.17 bits per heavy atom. The fourth-order valence-corrected chi connectivity index (χ4v) is 3.56. The number of hydrogen-bond acceptors (Lipinski definition) is 1. The number of carbonyl (C=O) groups is 1. The van der Waals surface area contributed by atoms with E-state index in [1.807, 2.05) is 0 Å². The molecular formula is C10H13FO. The van der Waals surface area contributed by atoms with Gasteiger partial charge >= 0.3 is 0 Å². The lowest BCUT2D eigenvalue weighted by Gasteiger charge is -2.50. The van der Waals surface area contributed by atoms with E-state index in [0.717, 1.165) is 25.7 Å². The minimum atomic E-state index is -0.787. The van der Waals surface area contributed by atoms with Gasteiger partial charge in [0.15, 0.2) is 0 Å². The van der Waals surface area contributed by atoms with E-state index in [1.54, 1.807) is 0 Å². The zero-order valence-corrected chi connectivity index (χ0v) is 7.00. The van der Waals surface area contributed by atoms with Crippen molar-refractivity contribution in [2.24, 2.45) is 23.7 Å². The molecule has 4 aliphatic rings. The number of rotatable bonds is 0. The van der Waals surface area contributed by atoms with Crippen molar-refractivity contribution in [1.82, 2.24) is 0 Å². The largest absolute Gasteiger partial charge is 0.299 e. The first-order chi connectivity index (χ1) is 5.75. The average molecular weight is 168 g/mol. The van der Waals surface area contributed by atoms with Crippen molar-refractivity contribution in [2.75, 3.05) is 0 Å². The van der Waals surface area contributed by atoms with Crippen molar-refractivity contribution in [1.29, 1.82) is 0 Å². The van der Waals surface area contributed by atoms with E-state index in [2.05, 4.69) is 0 Å². The topological polar surface area (TPSA) is 17.1 Å². The third kappa shape index (κ3) is 0.711. The molecule has 0 saturated heterocycles. The first-order valence-corrected chi connectivity index (χ1v) is 4.93. The predicted molar refractivity (Wildman–Crippen MR) is 42.3 cm³/mol. The van der Waals surface area contributed by atoms with E-state index in [-0.39, 0.29) is 23.5 Å². The molecule has 1 unspecified atom stereocenters. The minimum absolute atomic E-state index is 0.193. The highest BCUT2D eigenvalue weighted by molar-refractivity contribution is 5.86. The minimum Gasteiger partial charge on any atom is -0.299 e. The Bertz CT molecular complexity index is 238. The van der Waals surface area contributed by atoms with E-state index in [4.69, 9.17) is 0 Å². The van der Waals surface area contributed by atoms with Crippen LogP contribution in [-0.4, -0.2) is 12.0 Å². The Balaban J connectivity index is 1.98. The normalized spacial score (nSPS) is 56.4. The molecule has 0 spiro atoms. The van der Waals surface area contributed by atoms with Crippen molar-refractivity contribution < 1.29 is 9.18 Å². The molecule has 1 nitrogen and oxygen atoms in total. The highest BCUT2D eigenvalue weighted by Gasteiger charge is 2.53. The Labute approximate surface area is 71.3 Å². The maximum absolute atomic E-state index is 13.5. The van der Waals surface area contributed by atoms with Crippen molar-refractivity contribution in [3.05, 3.63) is 0 Å². The Morgan fingerprint density at radius 3 is 2.83 bits per heavy atom. The molecule has 4 bridgehead atoms. The molecule has 0 amide bonds. The monoisotopic (exact) mass is 168 g/mol. The summed E-state index contributed by atoms with van der Waals surface area (Å²) < 4.78 is 13.5. The summed E-state index contributed by atoms with van der Waals surface area (Å²) in [6.45, 7) is 0. The van der Waals surface area contributed by atoms with Crippen LogP contribution in [0.3, 0.4) is 0 Å². The zero-order valence-electron chi connectivity index (χ0n) is 7.00. The fourth-order valence-electron chi connectivity index (χ4n) is 3.56. The van der Waals surface area contributed by atoms with Crippen LogP contribution in [0, 0.1) is 23.7 Å². The standard InChI is InChI=1S/C10H13FO/c11-9-6-1-5-2-7(4-6)10(12)8(9)3-5/h5-9H,1-4H2/t5?,6-,7+,8-,9+/m0/s1. The van der Waals surface area contributed by atoms with E-state index in [1.165, 1.54) is 0 Å². The van der Waals surface area contributed by atoms with Gasteiger partial charge in [-0.1, -0.05) is 0 Å². The molecule has 2 heteroatoms. The highest BCUT2D eigenvalue weighted by Crippen LogP contribution is 2.52. The molecule has 4 fully saturated rings. The van der Waals surface area contributed by atoms with Gasteiger partial charge < -0.3 is 0 Å². The summed E-state index contributed by atoms with van der Waals surface area (Å²) >= 11 is 0. The van der Waals surface area contributed by atoms with Crippen LogP contribution in [0.4, 0.5) is 4.39 Å². The lowest BCUT2D eigenvalue weighted by atomic mass is 9.55. The summed E-state index contributed by atoms with van der Waals surface area (Å²) in [6.07, 6.45) is 3.05. The van der Waals surface area contributed by atoms with Gasteiger partial charge in [0.1, 0.15) is 12.0 Å². The summed E-state index contributed by atoms with van der Waals surface area (Å²) in [7, 11) is 0. The van der Waals surface area contributed by atoms with Crippen LogP contribution < -0.4 is 0 Å². The third-order valence-electron chi connectivity index (χ3n) is 4.03. The first-order valence-electron chi connectivity index (χ1n) is 4.93. The van der Waals surface area contributed by atoms with Gasteiger partial charge in [-0.2, -0.15) is 0 Å². The van der Waals surface area contributed by atoms with E-state index in [9.17, 15) is 9.18 Å². The van der Waals surface area contributed by atoms with Crippen LogP contribution in [0.15, 0.2) is 0 Å². The number of hydrogen-bond donors (Lipinski definition) is 0.